The van der Waals surface area contributed by atoms with Gasteiger partial charge in [-0.3, -0.25) is 9.52 Å². The van der Waals surface area contributed by atoms with Crippen LogP contribution in [0, 0.1) is 0 Å². The molecule has 0 radical (unpaired) electrons. The summed E-state index contributed by atoms with van der Waals surface area (Å²) in [5.41, 5.74) is 7.15. The van der Waals surface area contributed by atoms with E-state index in [9.17, 15) is 13.2 Å². The Kier molecular flexibility index (Phi) is 4.40. The van der Waals surface area contributed by atoms with E-state index in [2.05, 4.69) is 4.72 Å². The first-order valence-corrected chi connectivity index (χ1v) is 7.83. The van der Waals surface area contributed by atoms with Gasteiger partial charge in [0.15, 0.2) is 5.78 Å². The van der Waals surface area contributed by atoms with Crippen LogP contribution in [0.15, 0.2) is 53.4 Å². The van der Waals surface area contributed by atoms with Crippen LogP contribution < -0.4 is 10.5 Å². The van der Waals surface area contributed by atoms with E-state index in [-0.39, 0.29) is 10.7 Å². The number of nitrogens with two attached hydrogens (primary N) is 1. The molecule has 0 amide bonds. The van der Waals surface area contributed by atoms with Crippen LogP contribution >= 0.6 is 0 Å². The topological polar surface area (TPSA) is 89.3 Å². The van der Waals surface area contributed by atoms with Gasteiger partial charge < -0.3 is 5.73 Å². The molecule has 6 heteroatoms. The first-order valence-electron chi connectivity index (χ1n) is 6.35. The monoisotopic (exact) mass is 304 g/mol. The zero-order chi connectivity index (χ0) is 15.5. The molecule has 0 aliphatic carbocycles. The number of sulfonamides is 1. The number of benzene rings is 2. The summed E-state index contributed by atoms with van der Waals surface area (Å²) in [6.45, 7) is 1.72. The fourth-order valence-electron chi connectivity index (χ4n) is 1.86. The van der Waals surface area contributed by atoms with Gasteiger partial charge in [0.2, 0.25) is 0 Å². The predicted molar refractivity (Wildman–Crippen MR) is 81.6 cm³/mol. The van der Waals surface area contributed by atoms with Crippen LogP contribution in [0.3, 0.4) is 0 Å². The molecule has 0 aliphatic rings. The Morgan fingerprint density at radius 1 is 1.14 bits per heavy atom. The highest BCUT2D eigenvalue weighted by atomic mass is 32.2. The van der Waals surface area contributed by atoms with E-state index in [0.29, 0.717) is 17.8 Å². The number of carbonyl (C=O) groups excluding carboxylic acids is 1. The summed E-state index contributed by atoms with van der Waals surface area (Å²) in [6.07, 6.45) is 0. The van der Waals surface area contributed by atoms with Crippen molar-refractivity contribution >= 4 is 21.5 Å². The predicted octanol–water partition coefficient (Wildman–Crippen LogP) is 2.15. The second kappa shape index (κ2) is 6.07. The van der Waals surface area contributed by atoms with Gasteiger partial charge in [-0.2, -0.15) is 0 Å². The molecular formula is C15H16N2O3S. The minimum Gasteiger partial charge on any atom is -0.326 e. The summed E-state index contributed by atoms with van der Waals surface area (Å²) in [5, 5.41) is 0. The second-order valence-corrected chi connectivity index (χ2v) is 6.28. The minimum atomic E-state index is -3.74. The zero-order valence-corrected chi connectivity index (χ0v) is 12.4. The molecule has 2 rings (SSSR count). The number of hydrogen-bond acceptors (Lipinski definition) is 4. The lowest BCUT2D eigenvalue weighted by Crippen LogP contribution is -2.14. The third kappa shape index (κ3) is 3.68. The van der Waals surface area contributed by atoms with Crippen molar-refractivity contribution in [3.63, 3.8) is 0 Å². The fraction of sp³-hybridized carbons (Fsp3) is 0.133. The van der Waals surface area contributed by atoms with E-state index in [4.69, 9.17) is 5.73 Å². The van der Waals surface area contributed by atoms with Crippen molar-refractivity contribution in [3.05, 3.63) is 59.7 Å². The molecule has 0 saturated heterocycles. The second-order valence-electron chi connectivity index (χ2n) is 4.59. The Bertz CT molecular complexity index is 770. The van der Waals surface area contributed by atoms with E-state index in [0.717, 1.165) is 5.56 Å². The lowest BCUT2D eigenvalue weighted by molar-refractivity contribution is 0.101. The highest BCUT2D eigenvalue weighted by Gasteiger charge is 2.15. The summed E-state index contributed by atoms with van der Waals surface area (Å²) < 4.78 is 27.1. The number of rotatable bonds is 5. The van der Waals surface area contributed by atoms with E-state index in [1.807, 2.05) is 6.07 Å². The van der Waals surface area contributed by atoms with Crippen molar-refractivity contribution in [2.24, 2.45) is 5.73 Å². The molecule has 2 aromatic rings. The van der Waals surface area contributed by atoms with Crippen LogP contribution in [0.2, 0.25) is 0 Å². The van der Waals surface area contributed by atoms with Gasteiger partial charge in [-0.1, -0.05) is 24.3 Å². The molecular weight excluding hydrogens is 288 g/mol. The van der Waals surface area contributed by atoms with Crippen LogP contribution in [0.25, 0.3) is 0 Å². The largest absolute Gasteiger partial charge is 0.326 e. The molecule has 2 aromatic carbocycles. The van der Waals surface area contributed by atoms with Gasteiger partial charge in [-0.15, -0.1) is 0 Å². The molecule has 0 atom stereocenters. The van der Waals surface area contributed by atoms with E-state index >= 15 is 0 Å². The van der Waals surface area contributed by atoms with Crippen molar-refractivity contribution in [1.29, 1.82) is 0 Å². The Labute approximate surface area is 123 Å². The normalized spacial score (nSPS) is 11.1. The Morgan fingerprint density at radius 3 is 2.52 bits per heavy atom. The van der Waals surface area contributed by atoms with Gasteiger partial charge in [-0.25, -0.2) is 8.42 Å². The smallest absolute Gasteiger partial charge is 0.261 e. The number of carbonyl (C=O) groups is 1. The van der Waals surface area contributed by atoms with Crippen molar-refractivity contribution in [2.45, 2.75) is 18.4 Å². The highest BCUT2D eigenvalue weighted by Crippen LogP contribution is 2.18. The molecule has 0 heterocycles. The van der Waals surface area contributed by atoms with E-state index in [1.54, 1.807) is 30.3 Å². The third-order valence-corrected chi connectivity index (χ3v) is 4.34. The van der Waals surface area contributed by atoms with Crippen LogP contribution in [-0.2, 0) is 16.6 Å². The van der Waals surface area contributed by atoms with Gasteiger partial charge >= 0.3 is 0 Å². The van der Waals surface area contributed by atoms with Crippen molar-refractivity contribution in [3.8, 4) is 0 Å². The average molecular weight is 304 g/mol. The summed E-state index contributed by atoms with van der Waals surface area (Å²) >= 11 is 0. The number of Topliss-reactive ketones (excluding diaryl/α,β-unsaturated/α-hetero) is 1. The number of hydrogen-bond donors (Lipinski definition) is 2. The first kappa shape index (κ1) is 15.2. The van der Waals surface area contributed by atoms with Crippen molar-refractivity contribution < 1.29 is 13.2 Å². The molecule has 0 unspecified atom stereocenters. The minimum absolute atomic E-state index is 0.0494. The highest BCUT2D eigenvalue weighted by molar-refractivity contribution is 7.92. The van der Waals surface area contributed by atoms with Gasteiger partial charge in [0.1, 0.15) is 0 Å². The molecule has 0 aliphatic heterocycles. The van der Waals surface area contributed by atoms with Gasteiger partial charge in [0.25, 0.3) is 10.0 Å². The summed E-state index contributed by atoms with van der Waals surface area (Å²) in [5.74, 6) is -0.183. The lowest BCUT2D eigenvalue weighted by Gasteiger charge is -2.09. The molecule has 0 spiro atoms. The van der Waals surface area contributed by atoms with Crippen LogP contribution in [0.1, 0.15) is 22.8 Å². The van der Waals surface area contributed by atoms with E-state index < -0.39 is 10.0 Å². The summed E-state index contributed by atoms with van der Waals surface area (Å²) in [4.78, 5) is 11.4. The number of anilines is 1. The standard InChI is InChI=1S/C15H16N2O3S/c1-11(18)13-5-3-7-15(9-13)21(19,20)17-14-6-2-4-12(8-14)10-16/h2-9,17H,10,16H2,1H3. The van der Waals surface area contributed by atoms with Crippen LogP contribution in [0.4, 0.5) is 5.69 Å². The first-order chi connectivity index (χ1) is 9.92. The maximum atomic E-state index is 12.3. The maximum Gasteiger partial charge on any atom is 0.261 e. The maximum absolute atomic E-state index is 12.3. The third-order valence-electron chi connectivity index (χ3n) is 2.97. The Morgan fingerprint density at radius 2 is 1.86 bits per heavy atom. The molecule has 3 N–H and O–H groups in total. The zero-order valence-electron chi connectivity index (χ0n) is 11.5. The molecule has 110 valence electrons. The summed E-state index contributed by atoms with van der Waals surface area (Å²) in [7, 11) is -3.74. The Hall–Kier alpha value is -2.18. The van der Waals surface area contributed by atoms with Gasteiger partial charge in [0, 0.05) is 17.8 Å². The molecule has 0 saturated carbocycles. The van der Waals surface area contributed by atoms with Gasteiger partial charge in [-0.05, 0) is 36.8 Å². The van der Waals surface area contributed by atoms with Crippen molar-refractivity contribution in [1.82, 2.24) is 0 Å². The van der Waals surface area contributed by atoms with Crippen LogP contribution in [-0.4, -0.2) is 14.2 Å². The fourth-order valence-corrected chi connectivity index (χ4v) is 2.95. The molecule has 21 heavy (non-hydrogen) atoms. The Balaban J connectivity index is 2.33. The molecule has 0 aromatic heterocycles. The number of ketones is 1. The SMILES string of the molecule is CC(=O)c1cccc(S(=O)(=O)Nc2cccc(CN)c2)c1. The lowest BCUT2D eigenvalue weighted by atomic mass is 10.2. The molecule has 0 fully saturated rings. The summed E-state index contributed by atoms with van der Waals surface area (Å²) in [6, 6.07) is 12.8. The van der Waals surface area contributed by atoms with Gasteiger partial charge in [0.05, 0.1) is 4.90 Å². The molecule has 5 nitrogen and oxygen atoms in total. The van der Waals surface area contributed by atoms with Crippen molar-refractivity contribution in [2.75, 3.05) is 4.72 Å². The van der Waals surface area contributed by atoms with Crippen LogP contribution in [0.5, 0.6) is 0 Å². The molecule has 0 bridgehead atoms. The number of nitrogens with one attached hydrogen (secondary N) is 1. The van der Waals surface area contributed by atoms with E-state index in [1.165, 1.54) is 19.1 Å². The average Bonchev–Trinajstić information content (AvgIpc) is 2.47. The quantitative estimate of drug-likeness (QED) is 0.828.